The molecule has 0 saturated carbocycles. The maximum Gasteiger partial charge on any atom is 0.249 e. The Hall–Kier alpha value is -2.40. The molecule has 5 nitrogen and oxygen atoms in total. The number of fused-ring (bicyclic) bond motifs is 1. The smallest absolute Gasteiger partial charge is 0.249 e. The van der Waals surface area contributed by atoms with Gasteiger partial charge in [-0.2, -0.15) is 0 Å². The zero-order chi connectivity index (χ0) is 15.7. The van der Waals surface area contributed by atoms with Gasteiger partial charge in [0.2, 0.25) is 5.91 Å². The molecule has 1 aliphatic carbocycles. The molecule has 3 rings (SSSR count). The minimum Gasteiger partial charge on any atom is -0.496 e. The molecule has 0 aliphatic heterocycles. The van der Waals surface area contributed by atoms with Crippen molar-refractivity contribution in [2.24, 2.45) is 5.73 Å². The predicted molar refractivity (Wildman–Crippen MR) is 84.8 cm³/mol. The van der Waals surface area contributed by atoms with Gasteiger partial charge in [-0.05, 0) is 49.1 Å². The lowest BCUT2D eigenvalue weighted by Crippen LogP contribution is -2.46. The van der Waals surface area contributed by atoms with E-state index in [2.05, 4.69) is 10.3 Å². The average molecular weight is 297 g/mol. The van der Waals surface area contributed by atoms with E-state index >= 15 is 0 Å². The highest BCUT2D eigenvalue weighted by Crippen LogP contribution is 2.40. The first-order valence-corrected chi connectivity index (χ1v) is 7.24. The Morgan fingerprint density at radius 1 is 1.36 bits per heavy atom. The second-order valence-electron chi connectivity index (χ2n) is 5.60. The first-order chi connectivity index (χ1) is 10.5. The number of rotatable bonds is 3. The Labute approximate surface area is 129 Å². The Morgan fingerprint density at radius 2 is 2.18 bits per heavy atom. The summed E-state index contributed by atoms with van der Waals surface area (Å²) in [4.78, 5) is 16.9. The van der Waals surface area contributed by atoms with Gasteiger partial charge < -0.3 is 15.8 Å². The second kappa shape index (κ2) is 5.42. The molecule has 0 spiro atoms. The fraction of sp³-hybridized carbons (Fsp3) is 0.294. The predicted octanol–water partition coefficient (Wildman–Crippen LogP) is 2.14. The number of ether oxygens (including phenoxy) is 1. The molecule has 1 aromatic carbocycles. The number of aromatic nitrogens is 1. The van der Waals surface area contributed by atoms with E-state index in [9.17, 15) is 4.79 Å². The highest BCUT2D eigenvalue weighted by molar-refractivity contribution is 5.99. The van der Waals surface area contributed by atoms with E-state index in [-0.39, 0.29) is 5.91 Å². The number of amides is 1. The molecule has 5 heteroatoms. The topological polar surface area (TPSA) is 77.2 Å². The highest BCUT2D eigenvalue weighted by Gasteiger charge is 2.43. The van der Waals surface area contributed by atoms with E-state index < -0.39 is 5.54 Å². The van der Waals surface area contributed by atoms with Gasteiger partial charge in [0.15, 0.2) is 0 Å². The van der Waals surface area contributed by atoms with Crippen molar-refractivity contribution in [3.05, 3.63) is 53.3 Å². The van der Waals surface area contributed by atoms with Crippen molar-refractivity contribution in [2.45, 2.75) is 25.3 Å². The number of nitrogens with two attached hydrogens (primary N) is 1. The number of methoxy groups -OCH3 is 1. The molecular formula is C17H19N3O2. The molecule has 1 aromatic heterocycles. The number of hydrogen-bond donors (Lipinski definition) is 2. The average Bonchev–Trinajstić information content (AvgIpc) is 2.88. The quantitative estimate of drug-likeness (QED) is 0.910. The van der Waals surface area contributed by atoms with Crippen LogP contribution < -0.4 is 15.8 Å². The molecule has 2 aromatic rings. The summed E-state index contributed by atoms with van der Waals surface area (Å²) in [6.45, 7) is 1.90. The summed E-state index contributed by atoms with van der Waals surface area (Å²) < 4.78 is 5.36. The van der Waals surface area contributed by atoms with Crippen LogP contribution in [0.1, 0.15) is 23.2 Å². The van der Waals surface area contributed by atoms with Crippen LogP contribution in [-0.4, -0.2) is 18.0 Å². The second-order valence-corrected chi connectivity index (χ2v) is 5.60. The number of aryl methyl sites for hydroxylation is 1. The van der Waals surface area contributed by atoms with Gasteiger partial charge in [-0.3, -0.25) is 9.78 Å². The summed E-state index contributed by atoms with van der Waals surface area (Å²) in [5.41, 5.74) is 8.80. The van der Waals surface area contributed by atoms with E-state index in [4.69, 9.17) is 10.5 Å². The van der Waals surface area contributed by atoms with E-state index in [1.807, 2.05) is 37.3 Å². The van der Waals surface area contributed by atoms with Gasteiger partial charge in [-0.15, -0.1) is 0 Å². The van der Waals surface area contributed by atoms with Crippen LogP contribution in [0.3, 0.4) is 0 Å². The van der Waals surface area contributed by atoms with Crippen LogP contribution in [0, 0.1) is 6.92 Å². The van der Waals surface area contributed by atoms with Crippen molar-refractivity contribution in [1.29, 1.82) is 0 Å². The first-order valence-electron chi connectivity index (χ1n) is 7.24. The van der Waals surface area contributed by atoms with Crippen LogP contribution in [0.25, 0.3) is 0 Å². The molecule has 1 aliphatic rings. The van der Waals surface area contributed by atoms with Crippen LogP contribution >= 0.6 is 0 Å². The summed E-state index contributed by atoms with van der Waals surface area (Å²) in [5, 5.41) is 2.86. The largest absolute Gasteiger partial charge is 0.496 e. The lowest BCUT2D eigenvalue weighted by molar-refractivity contribution is -0.121. The van der Waals surface area contributed by atoms with Crippen LogP contribution in [0.2, 0.25) is 0 Å². The molecular weight excluding hydrogens is 278 g/mol. The van der Waals surface area contributed by atoms with Crippen molar-refractivity contribution in [2.75, 3.05) is 12.4 Å². The third kappa shape index (κ3) is 2.33. The van der Waals surface area contributed by atoms with Gasteiger partial charge in [-0.1, -0.05) is 12.1 Å². The molecule has 114 valence electrons. The van der Waals surface area contributed by atoms with Crippen LogP contribution in [0.4, 0.5) is 5.69 Å². The number of anilines is 1. The maximum absolute atomic E-state index is 12.7. The summed E-state index contributed by atoms with van der Waals surface area (Å²) in [6, 6.07) is 9.34. The maximum atomic E-state index is 12.7. The van der Waals surface area contributed by atoms with Gasteiger partial charge in [0, 0.05) is 5.69 Å². The summed E-state index contributed by atoms with van der Waals surface area (Å²) in [5.74, 6) is 0.569. The van der Waals surface area contributed by atoms with Crippen molar-refractivity contribution in [1.82, 2.24) is 4.98 Å². The minimum atomic E-state index is -1.03. The number of carbonyl (C=O) groups is 1. The first kappa shape index (κ1) is 14.5. The SMILES string of the molecule is COc1cccc2c1CCC2(N)C(=O)Nc1ccc(C)nc1. The minimum absolute atomic E-state index is 0.217. The van der Waals surface area contributed by atoms with Gasteiger partial charge >= 0.3 is 0 Å². The third-order valence-corrected chi connectivity index (χ3v) is 4.18. The molecule has 3 N–H and O–H groups in total. The van der Waals surface area contributed by atoms with Crippen molar-refractivity contribution < 1.29 is 9.53 Å². The van der Waals surface area contributed by atoms with Crippen molar-refractivity contribution in [3.63, 3.8) is 0 Å². The Balaban J connectivity index is 1.89. The number of nitrogens with zero attached hydrogens (tertiary/aromatic N) is 1. The van der Waals surface area contributed by atoms with E-state index in [1.54, 1.807) is 13.3 Å². The summed E-state index contributed by atoms with van der Waals surface area (Å²) >= 11 is 0. The Kier molecular flexibility index (Phi) is 3.58. The third-order valence-electron chi connectivity index (χ3n) is 4.18. The Bertz CT molecular complexity index is 712. The molecule has 0 radical (unpaired) electrons. The van der Waals surface area contributed by atoms with Crippen LogP contribution in [0.5, 0.6) is 5.75 Å². The zero-order valence-corrected chi connectivity index (χ0v) is 12.7. The molecule has 1 heterocycles. The molecule has 1 atom stereocenters. The zero-order valence-electron chi connectivity index (χ0n) is 12.7. The molecule has 1 amide bonds. The molecule has 0 bridgehead atoms. The summed E-state index contributed by atoms with van der Waals surface area (Å²) in [6.07, 6.45) is 2.93. The fourth-order valence-electron chi connectivity index (χ4n) is 2.91. The fourth-order valence-corrected chi connectivity index (χ4v) is 2.91. The van der Waals surface area contributed by atoms with Gasteiger partial charge in [0.1, 0.15) is 11.3 Å². The number of nitrogens with one attached hydrogen (secondary N) is 1. The van der Waals surface area contributed by atoms with Crippen LogP contribution in [-0.2, 0) is 16.8 Å². The number of benzene rings is 1. The van der Waals surface area contributed by atoms with Gasteiger partial charge in [-0.25, -0.2) is 0 Å². The van der Waals surface area contributed by atoms with Crippen molar-refractivity contribution >= 4 is 11.6 Å². The standard InChI is InChI=1S/C17H19N3O2/c1-11-6-7-12(10-19-11)20-16(21)17(18)9-8-13-14(17)4-3-5-15(13)22-2/h3-7,10H,8-9,18H2,1-2H3,(H,20,21). The van der Waals surface area contributed by atoms with Gasteiger partial charge in [0.05, 0.1) is 19.0 Å². The Morgan fingerprint density at radius 3 is 2.86 bits per heavy atom. The monoisotopic (exact) mass is 297 g/mol. The molecule has 1 unspecified atom stereocenters. The normalized spacial score (nSPS) is 19.6. The number of pyridine rings is 1. The lowest BCUT2D eigenvalue weighted by atomic mass is 9.91. The molecule has 0 saturated heterocycles. The molecule has 22 heavy (non-hydrogen) atoms. The number of carbonyl (C=O) groups excluding carboxylic acids is 1. The van der Waals surface area contributed by atoms with E-state index in [1.165, 1.54) is 0 Å². The molecule has 0 fully saturated rings. The lowest BCUT2D eigenvalue weighted by Gasteiger charge is -2.24. The van der Waals surface area contributed by atoms with Crippen LogP contribution in [0.15, 0.2) is 36.5 Å². The van der Waals surface area contributed by atoms with Gasteiger partial charge in [0.25, 0.3) is 0 Å². The van der Waals surface area contributed by atoms with E-state index in [0.29, 0.717) is 12.1 Å². The number of hydrogen-bond acceptors (Lipinski definition) is 4. The van der Waals surface area contributed by atoms with E-state index in [0.717, 1.165) is 29.0 Å². The van der Waals surface area contributed by atoms with Crippen molar-refractivity contribution in [3.8, 4) is 5.75 Å². The summed E-state index contributed by atoms with van der Waals surface area (Å²) in [7, 11) is 1.63. The highest BCUT2D eigenvalue weighted by atomic mass is 16.5.